The van der Waals surface area contributed by atoms with Crippen LogP contribution in [0.1, 0.15) is 5.56 Å². The highest BCUT2D eigenvalue weighted by molar-refractivity contribution is 9.09. The van der Waals surface area contributed by atoms with E-state index in [-0.39, 0.29) is 5.70 Å². The molecule has 0 amide bonds. The van der Waals surface area contributed by atoms with Crippen molar-refractivity contribution in [1.82, 2.24) is 0 Å². The number of allylic oxidation sites excluding steroid dienone is 2. The second kappa shape index (κ2) is 7.28. The van der Waals surface area contributed by atoms with Gasteiger partial charge in [-0.1, -0.05) is 46.3 Å². The molecule has 2 aromatic rings. The molecule has 0 spiro atoms. The third-order valence-corrected chi connectivity index (χ3v) is 3.38. The molecule has 0 saturated heterocycles. The zero-order chi connectivity index (χ0) is 15.1. The van der Waals surface area contributed by atoms with Gasteiger partial charge in [0.15, 0.2) is 0 Å². The van der Waals surface area contributed by atoms with Gasteiger partial charge in [0.1, 0.15) is 11.5 Å². The van der Waals surface area contributed by atoms with Crippen LogP contribution < -0.4 is 4.74 Å². The van der Waals surface area contributed by atoms with Gasteiger partial charge in [0.2, 0.25) is 0 Å². The van der Waals surface area contributed by atoms with Gasteiger partial charge in [0, 0.05) is 5.33 Å². The molecular weight excluding hydrogens is 328 g/mol. The Bertz CT molecular complexity index is 706. The molecule has 0 fully saturated rings. The normalized spacial score (nSPS) is 11.0. The molecule has 0 N–H and O–H groups in total. The predicted octanol–water partition coefficient (Wildman–Crippen LogP) is 5.03. The van der Waals surface area contributed by atoms with Crippen molar-refractivity contribution in [3.05, 3.63) is 77.3 Å². The summed E-state index contributed by atoms with van der Waals surface area (Å²) >= 11 is 3.32. The molecule has 2 aromatic carbocycles. The quantitative estimate of drug-likeness (QED) is 0.445. The molecule has 0 heterocycles. The number of nitriles is 1. The Morgan fingerprint density at radius 3 is 2.24 bits per heavy atom. The molecule has 0 aliphatic rings. The van der Waals surface area contributed by atoms with E-state index in [1.807, 2.05) is 60.7 Å². The number of hydrogen-bond acceptors (Lipinski definition) is 2. The van der Waals surface area contributed by atoms with Gasteiger partial charge in [0.05, 0.1) is 12.6 Å². The Balaban J connectivity index is 2.26. The molecule has 0 bridgehead atoms. The second-order valence-corrected chi connectivity index (χ2v) is 4.68. The Hall–Kier alpha value is -2.56. The largest absolute Gasteiger partial charge is 0.457 e. The third kappa shape index (κ3) is 3.72. The van der Waals surface area contributed by atoms with Crippen LogP contribution >= 0.6 is 15.9 Å². The average molecular weight is 339 g/mol. The Morgan fingerprint density at radius 2 is 1.71 bits per heavy atom. The van der Waals surface area contributed by atoms with E-state index >= 15 is 0 Å². The molecular formula is C17H11BrN2O. The molecule has 21 heavy (non-hydrogen) atoms. The van der Waals surface area contributed by atoms with Crippen LogP contribution in [0.4, 0.5) is 0 Å². The minimum Gasteiger partial charge on any atom is -0.457 e. The van der Waals surface area contributed by atoms with Crippen molar-refractivity contribution in [3.63, 3.8) is 0 Å². The highest BCUT2D eigenvalue weighted by Crippen LogP contribution is 2.26. The first-order valence-electron chi connectivity index (χ1n) is 6.18. The maximum Gasteiger partial charge on any atom is 0.266 e. The van der Waals surface area contributed by atoms with E-state index in [1.54, 1.807) is 0 Å². The fourth-order valence-electron chi connectivity index (χ4n) is 1.79. The Morgan fingerprint density at radius 1 is 1.10 bits per heavy atom. The summed E-state index contributed by atoms with van der Waals surface area (Å²) in [6, 6.07) is 18.8. The predicted molar refractivity (Wildman–Crippen MR) is 85.9 cm³/mol. The number of para-hydroxylation sites is 1. The smallest absolute Gasteiger partial charge is 0.266 e. The molecule has 4 heteroatoms. The summed E-state index contributed by atoms with van der Waals surface area (Å²) in [5, 5.41) is 9.43. The first-order valence-corrected chi connectivity index (χ1v) is 7.30. The van der Waals surface area contributed by atoms with E-state index in [0.717, 1.165) is 11.3 Å². The number of benzene rings is 2. The highest BCUT2D eigenvalue weighted by atomic mass is 79.9. The van der Waals surface area contributed by atoms with Crippen LogP contribution in [0.15, 0.2) is 60.3 Å². The lowest BCUT2D eigenvalue weighted by molar-refractivity contribution is 0.482. The molecule has 2 rings (SSSR count). The number of rotatable bonds is 4. The van der Waals surface area contributed by atoms with Crippen LogP contribution in [0.5, 0.6) is 11.5 Å². The topological polar surface area (TPSA) is 37.4 Å². The van der Waals surface area contributed by atoms with Crippen LogP contribution in [0, 0.1) is 17.9 Å². The maximum atomic E-state index is 8.97. The van der Waals surface area contributed by atoms with Gasteiger partial charge in [-0.05, 0) is 35.4 Å². The van der Waals surface area contributed by atoms with E-state index in [2.05, 4.69) is 20.8 Å². The monoisotopic (exact) mass is 338 g/mol. The zero-order valence-electron chi connectivity index (χ0n) is 11.1. The van der Waals surface area contributed by atoms with Gasteiger partial charge in [-0.3, -0.25) is 0 Å². The van der Waals surface area contributed by atoms with Crippen molar-refractivity contribution < 1.29 is 4.74 Å². The molecule has 0 saturated carbocycles. The van der Waals surface area contributed by atoms with E-state index in [4.69, 9.17) is 16.6 Å². The van der Waals surface area contributed by atoms with Crippen molar-refractivity contribution in [3.8, 4) is 17.6 Å². The van der Waals surface area contributed by atoms with Gasteiger partial charge in [-0.25, -0.2) is 10.1 Å². The Kier molecular flexibility index (Phi) is 5.15. The SMILES string of the molecule is [C-]#[N+]C(C#N)=C(CBr)c1ccc(Oc2ccccc2)cc1. The number of ether oxygens (including phenoxy) is 1. The first kappa shape index (κ1) is 14.8. The first-order chi connectivity index (χ1) is 10.3. The van der Waals surface area contributed by atoms with Crippen LogP contribution in [-0.2, 0) is 0 Å². The lowest BCUT2D eigenvalue weighted by Crippen LogP contribution is -1.90. The fraction of sp³-hybridized carbons (Fsp3) is 0.0588. The lowest BCUT2D eigenvalue weighted by atomic mass is 10.1. The second-order valence-electron chi connectivity index (χ2n) is 4.12. The van der Waals surface area contributed by atoms with Crippen molar-refractivity contribution in [2.24, 2.45) is 0 Å². The molecule has 0 aromatic heterocycles. The summed E-state index contributed by atoms with van der Waals surface area (Å²) in [5.74, 6) is 1.47. The summed E-state index contributed by atoms with van der Waals surface area (Å²) in [6.45, 7) is 7.03. The summed E-state index contributed by atoms with van der Waals surface area (Å²) in [5.41, 5.74) is 1.61. The zero-order valence-corrected chi connectivity index (χ0v) is 12.7. The average Bonchev–Trinajstić information content (AvgIpc) is 2.54. The van der Waals surface area contributed by atoms with Crippen LogP contribution in [0.2, 0.25) is 0 Å². The summed E-state index contributed by atoms with van der Waals surface area (Å²) in [7, 11) is 0. The summed E-state index contributed by atoms with van der Waals surface area (Å²) in [6.07, 6.45) is 0. The summed E-state index contributed by atoms with van der Waals surface area (Å²) in [4.78, 5) is 3.25. The van der Waals surface area contributed by atoms with Gasteiger partial charge < -0.3 is 4.74 Å². The number of nitrogens with zero attached hydrogens (tertiary/aromatic N) is 2. The molecule has 102 valence electrons. The number of halogens is 1. The minimum absolute atomic E-state index is 0.101. The van der Waals surface area contributed by atoms with E-state index in [0.29, 0.717) is 16.7 Å². The van der Waals surface area contributed by atoms with Gasteiger partial charge >= 0.3 is 0 Å². The van der Waals surface area contributed by atoms with Crippen molar-refractivity contribution in [2.75, 3.05) is 5.33 Å². The van der Waals surface area contributed by atoms with Crippen molar-refractivity contribution >= 4 is 21.5 Å². The van der Waals surface area contributed by atoms with E-state index in [1.165, 1.54) is 0 Å². The van der Waals surface area contributed by atoms with Crippen molar-refractivity contribution in [1.29, 1.82) is 5.26 Å². The van der Waals surface area contributed by atoms with Crippen molar-refractivity contribution in [2.45, 2.75) is 0 Å². The molecule has 0 aliphatic carbocycles. The van der Waals surface area contributed by atoms with Gasteiger partial charge in [-0.2, -0.15) is 0 Å². The number of alkyl halides is 1. The van der Waals surface area contributed by atoms with Crippen LogP contribution in [-0.4, -0.2) is 5.33 Å². The fourth-order valence-corrected chi connectivity index (χ4v) is 2.38. The molecule has 0 aliphatic heterocycles. The van der Waals surface area contributed by atoms with E-state index in [9.17, 15) is 0 Å². The lowest BCUT2D eigenvalue weighted by Gasteiger charge is -2.08. The van der Waals surface area contributed by atoms with Gasteiger partial charge in [0.25, 0.3) is 5.70 Å². The van der Waals surface area contributed by atoms with Crippen LogP contribution in [0.25, 0.3) is 10.4 Å². The number of hydrogen-bond donors (Lipinski definition) is 0. The van der Waals surface area contributed by atoms with Gasteiger partial charge in [-0.15, -0.1) is 0 Å². The van der Waals surface area contributed by atoms with E-state index < -0.39 is 0 Å². The summed E-state index contributed by atoms with van der Waals surface area (Å²) < 4.78 is 5.71. The third-order valence-electron chi connectivity index (χ3n) is 2.82. The Labute approximate surface area is 132 Å². The standard InChI is InChI=1S/C17H11BrN2O/c1-20-17(12-19)16(11-18)13-7-9-15(10-8-13)21-14-5-3-2-4-6-14/h2-10H,11H2. The van der Waals surface area contributed by atoms with Crippen LogP contribution in [0.3, 0.4) is 0 Å². The molecule has 0 unspecified atom stereocenters. The molecule has 3 nitrogen and oxygen atoms in total. The minimum atomic E-state index is 0.101. The molecule has 0 radical (unpaired) electrons. The molecule has 0 atom stereocenters. The highest BCUT2D eigenvalue weighted by Gasteiger charge is 2.08. The maximum absolute atomic E-state index is 8.97.